The van der Waals surface area contributed by atoms with Crippen LogP contribution in [0.2, 0.25) is 0 Å². The maximum absolute atomic E-state index is 12.8. The summed E-state index contributed by atoms with van der Waals surface area (Å²) in [6.07, 6.45) is 0. The Hall–Kier alpha value is -1.02. The Morgan fingerprint density at radius 2 is 2.05 bits per heavy atom. The van der Waals surface area contributed by atoms with Crippen LogP contribution in [0.3, 0.4) is 0 Å². The molecule has 0 saturated carbocycles. The highest BCUT2D eigenvalue weighted by atomic mass is 32.2. The predicted octanol–water partition coefficient (Wildman–Crippen LogP) is 0.349. The fourth-order valence-electron chi connectivity index (χ4n) is 2.02. The maximum Gasteiger partial charge on any atom is 0.218 e. The van der Waals surface area contributed by atoms with E-state index in [1.807, 2.05) is 0 Å². The Labute approximate surface area is 111 Å². The Morgan fingerprint density at radius 1 is 1.37 bits per heavy atom. The molecule has 1 saturated heterocycles. The number of aliphatic hydroxyl groups excluding tert-OH is 1. The summed E-state index contributed by atoms with van der Waals surface area (Å²) in [5.41, 5.74) is 0.518. The summed E-state index contributed by atoms with van der Waals surface area (Å²) in [6, 6.07) is 4.81. The van der Waals surface area contributed by atoms with Crippen LogP contribution in [0.1, 0.15) is 5.56 Å². The molecule has 0 radical (unpaired) electrons. The third kappa shape index (κ3) is 3.50. The number of morpholine rings is 1. The summed E-state index contributed by atoms with van der Waals surface area (Å²) in [7, 11) is -3.54. The molecule has 19 heavy (non-hydrogen) atoms. The van der Waals surface area contributed by atoms with E-state index in [1.54, 1.807) is 0 Å². The summed E-state index contributed by atoms with van der Waals surface area (Å²) in [4.78, 5) is 0. The van der Waals surface area contributed by atoms with E-state index in [2.05, 4.69) is 0 Å². The van der Waals surface area contributed by atoms with Crippen molar-refractivity contribution in [2.75, 3.05) is 26.4 Å². The molecule has 1 aliphatic rings. The molecule has 1 aromatic carbocycles. The molecule has 1 heterocycles. The van der Waals surface area contributed by atoms with Gasteiger partial charge in [0, 0.05) is 6.54 Å². The third-order valence-corrected chi connectivity index (χ3v) is 4.90. The smallest absolute Gasteiger partial charge is 0.218 e. The third-order valence-electron chi connectivity index (χ3n) is 3.00. The summed E-state index contributed by atoms with van der Waals surface area (Å²) >= 11 is 0. The molecule has 0 aliphatic carbocycles. The number of rotatable bonds is 4. The lowest BCUT2D eigenvalue weighted by molar-refractivity contribution is 0.0108. The Kier molecular flexibility index (Phi) is 4.51. The van der Waals surface area contributed by atoms with Gasteiger partial charge in [-0.05, 0) is 17.7 Å². The van der Waals surface area contributed by atoms with E-state index < -0.39 is 21.9 Å². The fraction of sp³-hybridized carbons (Fsp3) is 0.500. The lowest BCUT2D eigenvalue weighted by atomic mass is 10.2. The van der Waals surface area contributed by atoms with E-state index in [1.165, 1.54) is 28.6 Å². The lowest BCUT2D eigenvalue weighted by Gasteiger charge is -2.33. The van der Waals surface area contributed by atoms with Crippen molar-refractivity contribution >= 4 is 10.0 Å². The summed E-state index contributed by atoms with van der Waals surface area (Å²) in [5.74, 6) is -0.607. The first-order valence-electron chi connectivity index (χ1n) is 5.95. The standard InChI is InChI=1S/C12H16FNO4S/c13-11-3-1-10(2-4-11)9-19(16,17)14-5-6-18-8-12(14)7-15/h1-4,12,15H,5-9H2. The van der Waals surface area contributed by atoms with E-state index in [4.69, 9.17) is 4.74 Å². The minimum atomic E-state index is -3.54. The van der Waals surface area contributed by atoms with Crippen LogP contribution in [0.25, 0.3) is 0 Å². The van der Waals surface area contributed by atoms with Gasteiger partial charge in [-0.2, -0.15) is 4.31 Å². The fourth-order valence-corrected chi connectivity index (χ4v) is 3.74. The normalized spacial score (nSPS) is 21.5. The number of sulfonamides is 1. The highest BCUT2D eigenvalue weighted by Crippen LogP contribution is 2.17. The van der Waals surface area contributed by atoms with Gasteiger partial charge >= 0.3 is 0 Å². The van der Waals surface area contributed by atoms with Gasteiger partial charge in [0.1, 0.15) is 5.82 Å². The second-order valence-corrected chi connectivity index (χ2v) is 6.33. The summed E-state index contributed by atoms with van der Waals surface area (Å²) in [5, 5.41) is 9.19. The first kappa shape index (κ1) is 14.4. The number of ether oxygens (including phenoxy) is 1. The van der Waals surface area contributed by atoms with Crippen LogP contribution < -0.4 is 0 Å². The predicted molar refractivity (Wildman–Crippen MR) is 67.4 cm³/mol. The number of hydrogen-bond donors (Lipinski definition) is 1. The molecule has 0 amide bonds. The molecule has 7 heteroatoms. The Morgan fingerprint density at radius 3 is 2.68 bits per heavy atom. The maximum atomic E-state index is 12.8. The van der Waals surface area contributed by atoms with Crippen LogP contribution in [0.4, 0.5) is 4.39 Å². The largest absolute Gasteiger partial charge is 0.395 e. The summed E-state index contributed by atoms with van der Waals surface area (Å²) < 4.78 is 43.7. The van der Waals surface area contributed by atoms with E-state index in [0.717, 1.165) is 0 Å². The van der Waals surface area contributed by atoms with Crippen LogP contribution in [0.15, 0.2) is 24.3 Å². The highest BCUT2D eigenvalue weighted by molar-refractivity contribution is 7.88. The van der Waals surface area contributed by atoms with Gasteiger partial charge in [0.25, 0.3) is 0 Å². The van der Waals surface area contributed by atoms with Crippen LogP contribution in [-0.2, 0) is 20.5 Å². The quantitative estimate of drug-likeness (QED) is 0.868. The minimum absolute atomic E-state index is 0.194. The zero-order chi connectivity index (χ0) is 13.9. The van der Waals surface area contributed by atoms with Crippen LogP contribution in [-0.4, -0.2) is 50.2 Å². The van der Waals surface area contributed by atoms with Crippen molar-refractivity contribution in [1.29, 1.82) is 0 Å². The average molecular weight is 289 g/mol. The second-order valence-electron chi connectivity index (χ2n) is 4.40. The van der Waals surface area contributed by atoms with Gasteiger partial charge in [0.2, 0.25) is 10.0 Å². The van der Waals surface area contributed by atoms with Crippen molar-refractivity contribution in [1.82, 2.24) is 4.31 Å². The van der Waals surface area contributed by atoms with Gasteiger partial charge in [0.15, 0.2) is 0 Å². The zero-order valence-corrected chi connectivity index (χ0v) is 11.1. The van der Waals surface area contributed by atoms with Crippen molar-refractivity contribution in [3.05, 3.63) is 35.6 Å². The lowest BCUT2D eigenvalue weighted by Crippen LogP contribution is -2.50. The first-order chi connectivity index (χ1) is 9.03. The minimum Gasteiger partial charge on any atom is -0.395 e. The Balaban J connectivity index is 2.14. The van der Waals surface area contributed by atoms with Crippen molar-refractivity contribution in [2.45, 2.75) is 11.8 Å². The number of nitrogens with zero attached hydrogens (tertiary/aromatic N) is 1. The molecular formula is C12H16FNO4S. The van der Waals surface area contributed by atoms with E-state index in [-0.39, 0.29) is 25.5 Å². The molecule has 1 unspecified atom stereocenters. The van der Waals surface area contributed by atoms with Crippen molar-refractivity contribution in [3.8, 4) is 0 Å². The van der Waals surface area contributed by atoms with E-state index in [9.17, 15) is 17.9 Å². The molecule has 2 rings (SSSR count). The molecule has 0 spiro atoms. The number of halogens is 1. The summed E-state index contributed by atoms with van der Waals surface area (Å²) in [6.45, 7) is 0.468. The molecular weight excluding hydrogens is 273 g/mol. The molecule has 1 fully saturated rings. The monoisotopic (exact) mass is 289 g/mol. The Bertz CT molecular complexity index is 517. The molecule has 1 aliphatic heterocycles. The molecule has 0 bridgehead atoms. The van der Waals surface area contributed by atoms with Gasteiger partial charge in [-0.25, -0.2) is 12.8 Å². The van der Waals surface area contributed by atoms with Gasteiger partial charge < -0.3 is 9.84 Å². The highest BCUT2D eigenvalue weighted by Gasteiger charge is 2.32. The number of aliphatic hydroxyl groups is 1. The van der Waals surface area contributed by atoms with Crippen molar-refractivity contribution in [3.63, 3.8) is 0 Å². The molecule has 1 atom stereocenters. The van der Waals surface area contributed by atoms with Crippen molar-refractivity contribution in [2.24, 2.45) is 0 Å². The molecule has 1 aromatic rings. The van der Waals surface area contributed by atoms with E-state index in [0.29, 0.717) is 12.2 Å². The first-order valence-corrected chi connectivity index (χ1v) is 7.56. The topological polar surface area (TPSA) is 66.8 Å². The van der Waals surface area contributed by atoms with Crippen molar-refractivity contribution < 1.29 is 22.7 Å². The number of benzene rings is 1. The van der Waals surface area contributed by atoms with Gasteiger partial charge in [-0.15, -0.1) is 0 Å². The number of hydrogen-bond acceptors (Lipinski definition) is 4. The zero-order valence-electron chi connectivity index (χ0n) is 10.3. The molecule has 1 N–H and O–H groups in total. The molecule has 106 valence electrons. The van der Waals surface area contributed by atoms with Gasteiger partial charge in [-0.1, -0.05) is 12.1 Å². The van der Waals surface area contributed by atoms with Gasteiger partial charge in [0.05, 0.1) is 31.6 Å². The second kappa shape index (κ2) is 5.96. The van der Waals surface area contributed by atoms with Crippen LogP contribution in [0, 0.1) is 5.82 Å². The molecule has 0 aromatic heterocycles. The average Bonchev–Trinajstić information content (AvgIpc) is 2.41. The molecule has 5 nitrogen and oxygen atoms in total. The van der Waals surface area contributed by atoms with Crippen LogP contribution >= 0.6 is 0 Å². The van der Waals surface area contributed by atoms with Gasteiger partial charge in [-0.3, -0.25) is 0 Å². The van der Waals surface area contributed by atoms with E-state index >= 15 is 0 Å². The SMILES string of the molecule is O=S(=O)(Cc1ccc(F)cc1)N1CCOCC1CO. The van der Waals surface area contributed by atoms with Crippen LogP contribution in [0.5, 0.6) is 0 Å².